The molecule has 0 amide bonds. The van der Waals surface area contributed by atoms with Crippen LogP contribution in [0.1, 0.15) is 21.8 Å². The number of hydrogen-bond donors (Lipinski definition) is 0. The molecule has 0 saturated carbocycles. The van der Waals surface area contributed by atoms with Gasteiger partial charge in [-0.05, 0) is 30.7 Å². The minimum Gasteiger partial charge on any atom is -0.413 e. The van der Waals surface area contributed by atoms with E-state index in [1.54, 1.807) is 30.3 Å². The van der Waals surface area contributed by atoms with Gasteiger partial charge in [-0.15, -0.1) is 10.2 Å². The second-order valence-electron chi connectivity index (χ2n) is 6.31. The lowest BCUT2D eigenvalue weighted by molar-refractivity contribution is 0.0999. The van der Waals surface area contributed by atoms with Crippen LogP contribution in [-0.4, -0.2) is 16.0 Å². The molecule has 144 valence electrons. The zero-order valence-corrected chi connectivity index (χ0v) is 15.1. The summed E-state index contributed by atoms with van der Waals surface area (Å²) in [6.45, 7) is 1.29. The van der Waals surface area contributed by atoms with E-state index in [1.807, 2.05) is 0 Å². The maximum absolute atomic E-state index is 14.7. The summed E-state index contributed by atoms with van der Waals surface area (Å²) in [6.07, 6.45) is 0. The number of benzene rings is 3. The average Bonchev–Trinajstić information content (AvgIpc) is 3.23. The lowest BCUT2D eigenvalue weighted by Crippen LogP contribution is -2.04. The van der Waals surface area contributed by atoms with E-state index in [-0.39, 0.29) is 28.1 Å². The van der Waals surface area contributed by atoms with Gasteiger partial charge in [0, 0.05) is 11.1 Å². The molecule has 7 heteroatoms. The number of carbonyl (C=O) groups is 1. The molecule has 0 aliphatic carbocycles. The Hall–Kier alpha value is -3.74. The lowest BCUT2D eigenvalue weighted by Gasteiger charge is -2.10. The smallest absolute Gasteiger partial charge is 0.289 e. The normalized spacial score (nSPS) is 10.9. The molecule has 4 nitrogen and oxygen atoms in total. The summed E-state index contributed by atoms with van der Waals surface area (Å²) in [5.74, 6) is -3.96. The molecule has 29 heavy (non-hydrogen) atoms. The highest BCUT2D eigenvalue weighted by atomic mass is 19.1. The van der Waals surface area contributed by atoms with Crippen LogP contribution in [0.3, 0.4) is 0 Å². The first-order chi connectivity index (χ1) is 14.0. The van der Waals surface area contributed by atoms with Crippen LogP contribution in [0.25, 0.3) is 22.6 Å². The first kappa shape index (κ1) is 18.6. The standard InChI is InChI=1S/C22H13F3N2O2/c1-12-18(24)15(13-7-3-2-4-8-13)11-16(19(12)25)21-26-27-22(29-21)20(28)14-9-5-6-10-17(14)23/h2-11H,1H3. The number of nitrogens with zero attached hydrogens (tertiary/aromatic N) is 2. The van der Waals surface area contributed by atoms with Crippen LogP contribution in [0.2, 0.25) is 0 Å². The monoisotopic (exact) mass is 394 g/mol. The molecule has 4 aromatic rings. The van der Waals surface area contributed by atoms with Crippen molar-refractivity contribution in [2.75, 3.05) is 0 Å². The highest BCUT2D eigenvalue weighted by molar-refractivity contribution is 6.06. The molecule has 0 radical (unpaired) electrons. The van der Waals surface area contributed by atoms with Crippen molar-refractivity contribution >= 4 is 5.78 Å². The van der Waals surface area contributed by atoms with Gasteiger partial charge in [0.1, 0.15) is 17.5 Å². The fourth-order valence-electron chi connectivity index (χ4n) is 2.94. The van der Waals surface area contributed by atoms with Crippen molar-refractivity contribution in [2.45, 2.75) is 6.92 Å². The zero-order chi connectivity index (χ0) is 20.5. The van der Waals surface area contributed by atoms with Crippen molar-refractivity contribution in [2.24, 2.45) is 0 Å². The summed E-state index contributed by atoms with van der Waals surface area (Å²) in [5, 5.41) is 7.32. The SMILES string of the molecule is Cc1c(F)c(-c2ccccc2)cc(-c2nnc(C(=O)c3ccccc3F)o2)c1F. The summed E-state index contributed by atoms with van der Waals surface area (Å²) in [4.78, 5) is 12.4. The van der Waals surface area contributed by atoms with Crippen LogP contribution in [0.15, 0.2) is 65.1 Å². The maximum atomic E-state index is 14.7. The molecule has 0 N–H and O–H groups in total. The third-order valence-electron chi connectivity index (χ3n) is 4.47. The Morgan fingerprint density at radius 1 is 0.862 bits per heavy atom. The van der Waals surface area contributed by atoms with Gasteiger partial charge in [0.05, 0.1) is 11.1 Å². The van der Waals surface area contributed by atoms with Gasteiger partial charge < -0.3 is 4.42 Å². The number of rotatable bonds is 4. The van der Waals surface area contributed by atoms with Crippen molar-refractivity contribution in [1.29, 1.82) is 0 Å². The lowest BCUT2D eigenvalue weighted by atomic mass is 9.98. The molecule has 3 aromatic carbocycles. The summed E-state index contributed by atoms with van der Waals surface area (Å²) in [6, 6.07) is 15.2. The third-order valence-corrected chi connectivity index (χ3v) is 4.47. The van der Waals surface area contributed by atoms with Crippen molar-refractivity contribution < 1.29 is 22.4 Å². The van der Waals surface area contributed by atoms with Crippen molar-refractivity contribution in [3.8, 4) is 22.6 Å². The molecule has 0 saturated heterocycles. The molecule has 0 atom stereocenters. The van der Waals surface area contributed by atoms with Crippen molar-refractivity contribution in [1.82, 2.24) is 10.2 Å². The molecular weight excluding hydrogens is 381 g/mol. The van der Waals surface area contributed by atoms with Gasteiger partial charge in [-0.1, -0.05) is 42.5 Å². The van der Waals surface area contributed by atoms with Crippen LogP contribution in [0.5, 0.6) is 0 Å². The Labute approximate surface area is 163 Å². The average molecular weight is 394 g/mol. The molecule has 0 spiro atoms. The molecule has 0 bridgehead atoms. The highest BCUT2D eigenvalue weighted by Gasteiger charge is 2.24. The van der Waals surface area contributed by atoms with Crippen LogP contribution >= 0.6 is 0 Å². The molecule has 0 fully saturated rings. The van der Waals surface area contributed by atoms with Crippen LogP contribution in [0, 0.1) is 24.4 Å². The van der Waals surface area contributed by atoms with E-state index in [4.69, 9.17) is 4.42 Å². The largest absolute Gasteiger partial charge is 0.413 e. The van der Waals surface area contributed by atoms with Crippen molar-refractivity contribution in [3.05, 3.63) is 95.1 Å². The molecule has 1 heterocycles. The van der Waals surface area contributed by atoms with Gasteiger partial charge in [0.2, 0.25) is 0 Å². The van der Waals surface area contributed by atoms with Crippen molar-refractivity contribution in [3.63, 3.8) is 0 Å². The van der Waals surface area contributed by atoms with E-state index in [0.29, 0.717) is 5.56 Å². The van der Waals surface area contributed by atoms with Gasteiger partial charge in [0.25, 0.3) is 17.6 Å². The fraction of sp³-hybridized carbons (Fsp3) is 0.0455. The second kappa shape index (κ2) is 7.35. The second-order valence-corrected chi connectivity index (χ2v) is 6.31. The third kappa shape index (κ3) is 3.31. The Kier molecular flexibility index (Phi) is 4.72. The number of ketones is 1. The van der Waals surface area contributed by atoms with Gasteiger partial charge in [-0.25, -0.2) is 13.2 Å². The highest BCUT2D eigenvalue weighted by Crippen LogP contribution is 2.33. The van der Waals surface area contributed by atoms with Gasteiger partial charge in [0.15, 0.2) is 0 Å². The van der Waals surface area contributed by atoms with Gasteiger partial charge in [-0.2, -0.15) is 0 Å². The van der Waals surface area contributed by atoms with E-state index >= 15 is 0 Å². The van der Waals surface area contributed by atoms with E-state index in [9.17, 15) is 18.0 Å². The number of halogens is 3. The first-order valence-corrected chi connectivity index (χ1v) is 8.64. The summed E-state index contributed by atoms with van der Waals surface area (Å²) in [7, 11) is 0. The zero-order valence-electron chi connectivity index (χ0n) is 15.1. The Balaban J connectivity index is 1.80. The number of carbonyl (C=O) groups excluding carboxylic acids is 1. The molecular formula is C22H13F3N2O2. The maximum Gasteiger partial charge on any atom is 0.289 e. The van der Waals surface area contributed by atoms with E-state index in [0.717, 1.165) is 6.07 Å². The quantitative estimate of drug-likeness (QED) is 0.437. The van der Waals surface area contributed by atoms with E-state index in [2.05, 4.69) is 10.2 Å². The number of hydrogen-bond acceptors (Lipinski definition) is 4. The van der Waals surface area contributed by atoms with E-state index < -0.39 is 29.1 Å². The van der Waals surface area contributed by atoms with E-state index in [1.165, 1.54) is 31.2 Å². The van der Waals surface area contributed by atoms with Crippen LogP contribution in [0.4, 0.5) is 13.2 Å². The summed E-state index contributed by atoms with van der Waals surface area (Å²) in [5.41, 5.74) is 0.0732. The summed E-state index contributed by atoms with van der Waals surface area (Å²) >= 11 is 0. The Bertz CT molecular complexity index is 1220. The Morgan fingerprint density at radius 2 is 1.52 bits per heavy atom. The Morgan fingerprint density at radius 3 is 2.24 bits per heavy atom. The molecule has 1 aromatic heterocycles. The molecule has 0 aliphatic rings. The predicted molar refractivity (Wildman–Crippen MR) is 99.7 cm³/mol. The minimum atomic E-state index is -0.879. The first-order valence-electron chi connectivity index (χ1n) is 8.64. The topological polar surface area (TPSA) is 56.0 Å². The van der Waals surface area contributed by atoms with Crippen LogP contribution in [-0.2, 0) is 0 Å². The van der Waals surface area contributed by atoms with Crippen LogP contribution < -0.4 is 0 Å². The summed E-state index contributed by atoms with van der Waals surface area (Å²) < 4.78 is 48.5. The minimum absolute atomic E-state index is 0.150. The molecule has 0 aliphatic heterocycles. The van der Waals surface area contributed by atoms with Gasteiger partial charge >= 0.3 is 0 Å². The molecule has 4 rings (SSSR count). The fourth-order valence-corrected chi connectivity index (χ4v) is 2.94. The predicted octanol–water partition coefficient (Wildman–Crippen LogP) is 5.36. The number of aromatic nitrogens is 2. The molecule has 0 unspecified atom stereocenters. The van der Waals surface area contributed by atoms with Gasteiger partial charge in [-0.3, -0.25) is 4.79 Å².